The van der Waals surface area contributed by atoms with Crippen molar-refractivity contribution in [2.75, 3.05) is 6.61 Å². The minimum absolute atomic E-state index is 0.0112. The van der Waals surface area contributed by atoms with Crippen LogP contribution >= 0.6 is 15.9 Å². The van der Waals surface area contributed by atoms with Gasteiger partial charge in [0.25, 0.3) is 5.91 Å². The van der Waals surface area contributed by atoms with E-state index < -0.39 is 0 Å². The van der Waals surface area contributed by atoms with E-state index >= 15 is 0 Å². The maximum Gasteiger partial charge on any atom is 0.258 e. The third kappa shape index (κ3) is 4.60. The third-order valence-corrected chi connectivity index (χ3v) is 4.34. The maximum atomic E-state index is 12.0. The van der Waals surface area contributed by atoms with Gasteiger partial charge in [0.15, 0.2) is 6.61 Å². The average molecular weight is 362 g/mol. The molecule has 4 heteroatoms. The van der Waals surface area contributed by atoms with Gasteiger partial charge in [-0.3, -0.25) is 4.79 Å². The summed E-state index contributed by atoms with van der Waals surface area (Å²) in [7, 11) is 0. The summed E-state index contributed by atoms with van der Waals surface area (Å²) in [5.41, 5.74) is 3.36. The highest BCUT2D eigenvalue weighted by atomic mass is 79.9. The second-order valence-electron chi connectivity index (χ2n) is 5.40. The molecule has 0 aliphatic carbocycles. The maximum absolute atomic E-state index is 12.0. The Kier molecular flexibility index (Phi) is 5.61. The van der Waals surface area contributed by atoms with Crippen molar-refractivity contribution in [3.63, 3.8) is 0 Å². The zero-order chi connectivity index (χ0) is 16.1. The van der Waals surface area contributed by atoms with Crippen molar-refractivity contribution >= 4 is 21.8 Å². The largest absolute Gasteiger partial charge is 0.484 e. The Morgan fingerprint density at radius 3 is 2.50 bits per heavy atom. The molecule has 2 aromatic carbocycles. The number of nitrogens with one attached hydrogen (secondary N) is 1. The number of amides is 1. The number of carbonyl (C=O) groups is 1. The van der Waals surface area contributed by atoms with Crippen LogP contribution in [-0.4, -0.2) is 12.5 Å². The second kappa shape index (κ2) is 7.45. The molecule has 0 saturated carbocycles. The van der Waals surface area contributed by atoms with E-state index in [0.717, 1.165) is 15.6 Å². The van der Waals surface area contributed by atoms with Gasteiger partial charge in [-0.1, -0.05) is 45.8 Å². The van der Waals surface area contributed by atoms with E-state index in [1.807, 2.05) is 63.2 Å². The molecule has 2 aromatic rings. The molecule has 0 heterocycles. The summed E-state index contributed by atoms with van der Waals surface area (Å²) in [4.78, 5) is 12.0. The Morgan fingerprint density at radius 2 is 1.86 bits per heavy atom. The Morgan fingerprint density at radius 1 is 1.18 bits per heavy atom. The summed E-state index contributed by atoms with van der Waals surface area (Å²) >= 11 is 3.44. The third-order valence-electron chi connectivity index (χ3n) is 3.45. The summed E-state index contributed by atoms with van der Waals surface area (Å²) in [6.45, 7) is 6.00. The number of rotatable bonds is 5. The molecule has 0 saturated heterocycles. The van der Waals surface area contributed by atoms with Crippen LogP contribution in [0.1, 0.15) is 29.7 Å². The van der Waals surface area contributed by atoms with Gasteiger partial charge in [0.1, 0.15) is 5.75 Å². The standard InChI is InChI=1S/C18H20BrNO2/c1-12-4-6-15(7-5-12)14(3)20-18(21)11-22-16-8-9-17(19)13(2)10-16/h4-10,14H,11H2,1-3H3,(H,20,21)/t14-/m1/s1. The van der Waals surface area contributed by atoms with Crippen molar-refractivity contribution in [1.29, 1.82) is 0 Å². The SMILES string of the molecule is Cc1ccc([C@@H](C)NC(=O)COc2ccc(Br)c(C)c2)cc1. The first kappa shape index (κ1) is 16.6. The van der Waals surface area contributed by atoms with Gasteiger partial charge in [0.2, 0.25) is 0 Å². The fraction of sp³-hybridized carbons (Fsp3) is 0.278. The monoisotopic (exact) mass is 361 g/mol. The van der Waals surface area contributed by atoms with Crippen LogP contribution in [0.5, 0.6) is 5.75 Å². The molecule has 1 atom stereocenters. The van der Waals surface area contributed by atoms with E-state index in [1.165, 1.54) is 5.56 Å². The van der Waals surface area contributed by atoms with Crippen molar-refractivity contribution in [2.45, 2.75) is 26.8 Å². The predicted octanol–water partition coefficient (Wildman–Crippen LogP) is 4.32. The quantitative estimate of drug-likeness (QED) is 0.860. The van der Waals surface area contributed by atoms with E-state index in [1.54, 1.807) is 0 Å². The molecule has 0 fully saturated rings. The van der Waals surface area contributed by atoms with Gasteiger partial charge in [-0.2, -0.15) is 0 Å². The van der Waals surface area contributed by atoms with Crippen molar-refractivity contribution in [2.24, 2.45) is 0 Å². The molecule has 0 aliphatic rings. The van der Waals surface area contributed by atoms with Crippen molar-refractivity contribution in [3.05, 3.63) is 63.6 Å². The summed E-state index contributed by atoms with van der Waals surface area (Å²) < 4.78 is 6.55. The van der Waals surface area contributed by atoms with Crippen molar-refractivity contribution in [1.82, 2.24) is 5.32 Å². The van der Waals surface area contributed by atoms with Gasteiger partial charge in [-0.25, -0.2) is 0 Å². The summed E-state index contributed by atoms with van der Waals surface area (Å²) in [6, 6.07) is 13.8. The molecule has 0 aromatic heterocycles. The highest BCUT2D eigenvalue weighted by Crippen LogP contribution is 2.21. The lowest BCUT2D eigenvalue weighted by Gasteiger charge is -2.15. The molecule has 0 bridgehead atoms. The lowest BCUT2D eigenvalue weighted by Crippen LogP contribution is -2.31. The molecule has 2 rings (SSSR count). The number of aryl methyl sites for hydroxylation is 2. The number of ether oxygens (including phenoxy) is 1. The molecular weight excluding hydrogens is 342 g/mol. The fourth-order valence-corrected chi connectivity index (χ4v) is 2.32. The van der Waals surface area contributed by atoms with Gasteiger partial charge in [-0.05, 0) is 50.1 Å². The van der Waals surface area contributed by atoms with Crippen LogP contribution in [0.2, 0.25) is 0 Å². The smallest absolute Gasteiger partial charge is 0.258 e. The summed E-state index contributed by atoms with van der Waals surface area (Å²) in [5, 5.41) is 2.94. The Balaban J connectivity index is 1.87. The fourth-order valence-electron chi connectivity index (χ4n) is 2.08. The molecule has 22 heavy (non-hydrogen) atoms. The van der Waals surface area contributed by atoms with Gasteiger partial charge in [-0.15, -0.1) is 0 Å². The molecule has 116 valence electrons. The number of carbonyl (C=O) groups excluding carboxylic acids is 1. The topological polar surface area (TPSA) is 38.3 Å². The van der Waals surface area contributed by atoms with Crippen LogP contribution in [-0.2, 0) is 4.79 Å². The van der Waals surface area contributed by atoms with Gasteiger partial charge in [0.05, 0.1) is 6.04 Å². The molecule has 1 amide bonds. The van der Waals surface area contributed by atoms with Crippen LogP contribution in [0.15, 0.2) is 46.9 Å². The number of halogens is 1. The second-order valence-corrected chi connectivity index (χ2v) is 6.25. The van der Waals surface area contributed by atoms with Gasteiger partial charge in [0, 0.05) is 4.47 Å². The van der Waals surface area contributed by atoms with Crippen LogP contribution in [0.25, 0.3) is 0 Å². The molecule has 0 unspecified atom stereocenters. The lowest BCUT2D eigenvalue weighted by atomic mass is 10.1. The van der Waals surface area contributed by atoms with Crippen molar-refractivity contribution < 1.29 is 9.53 Å². The first-order valence-corrected chi connectivity index (χ1v) is 8.00. The molecular formula is C18H20BrNO2. The number of hydrogen-bond acceptors (Lipinski definition) is 2. The Labute approximate surface area is 139 Å². The molecule has 0 radical (unpaired) electrons. The number of benzene rings is 2. The van der Waals surface area contributed by atoms with E-state index in [0.29, 0.717) is 5.75 Å². The van der Waals surface area contributed by atoms with Crippen LogP contribution in [0.3, 0.4) is 0 Å². The minimum Gasteiger partial charge on any atom is -0.484 e. The first-order valence-electron chi connectivity index (χ1n) is 7.20. The number of hydrogen-bond donors (Lipinski definition) is 1. The van der Waals surface area contributed by atoms with Gasteiger partial charge < -0.3 is 10.1 Å². The lowest BCUT2D eigenvalue weighted by molar-refractivity contribution is -0.123. The minimum atomic E-state index is -0.131. The molecule has 0 spiro atoms. The van der Waals surface area contributed by atoms with Crippen LogP contribution in [0.4, 0.5) is 0 Å². The van der Waals surface area contributed by atoms with E-state index in [4.69, 9.17) is 4.74 Å². The zero-order valence-corrected chi connectivity index (χ0v) is 14.6. The van der Waals surface area contributed by atoms with E-state index in [2.05, 4.69) is 21.2 Å². The zero-order valence-electron chi connectivity index (χ0n) is 13.0. The van der Waals surface area contributed by atoms with Crippen molar-refractivity contribution in [3.8, 4) is 5.75 Å². The highest BCUT2D eigenvalue weighted by molar-refractivity contribution is 9.10. The van der Waals surface area contributed by atoms with Crippen LogP contribution < -0.4 is 10.1 Å². The van der Waals surface area contributed by atoms with E-state index in [-0.39, 0.29) is 18.6 Å². The summed E-state index contributed by atoms with van der Waals surface area (Å²) in [6.07, 6.45) is 0. The normalized spacial score (nSPS) is 11.8. The van der Waals surface area contributed by atoms with Crippen LogP contribution in [0, 0.1) is 13.8 Å². The van der Waals surface area contributed by atoms with E-state index in [9.17, 15) is 4.79 Å². The first-order chi connectivity index (χ1) is 10.5. The predicted molar refractivity (Wildman–Crippen MR) is 92.1 cm³/mol. The Bertz CT molecular complexity index is 653. The molecule has 0 aliphatic heterocycles. The molecule has 3 nitrogen and oxygen atoms in total. The average Bonchev–Trinajstić information content (AvgIpc) is 2.49. The molecule has 1 N–H and O–H groups in total. The Hall–Kier alpha value is -1.81. The summed E-state index contributed by atoms with van der Waals surface area (Å²) in [5.74, 6) is 0.562. The van der Waals surface area contributed by atoms with Gasteiger partial charge >= 0.3 is 0 Å². The highest BCUT2D eigenvalue weighted by Gasteiger charge is 2.10.